The number of carboxylic acid groups (broad SMARTS) is 1. The van der Waals surface area contributed by atoms with Gasteiger partial charge in [0.15, 0.2) is 0 Å². The molecule has 0 aliphatic heterocycles. The highest BCUT2D eigenvalue weighted by molar-refractivity contribution is 5.80. The fourth-order valence-corrected chi connectivity index (χ4v) is 1.00. The van der Waals surface area contributed by atoms with Gasteiger partial charge in [0.05, 0.1) is 12.5 Å². The van der Waals surface area contributed by atoms with Gasteiger partial charge in [-0.2, -0.15) is 5.26 Å². The molecule has 6 nitrogen and oxygen atoms in total. The molecule has 2 N–H and O–H groups in total. The van der Waals surface area contributed by atoms with Crippen molar-refractivity contribution >= 4 is 12.0 Å². The molecule has 0 fully saturated rings. The van der Waals surface area contributed by atoms with Crippen LogP contribution >= 0.6 is 0 Å². The summed E-state index contributed by atoms with van der Waals surface area (Å²) in [6.07, 6.45) is 0.116. The lowest BCUT2D eigenvalue weighted by molar-refractivity contribution is -0.137. The highest BCUT2D eigenvalue weighted by atomic mass is 16.4. The Hall–Kier alpha value is -1.77. The van der Waals surface area contributed by atoms with Crippen molar-refractivity contribution in [2.24, 2.45) is 0 Å². The molecule has 0 aromatic heterocycles. The molecule has 0 bridgehead atoms. The van der Waals surface area contributed by atoms with E-state index in [1.54, 1.807) is 20.8 Å². The van der Waals surface area contributed by atoms with Crippen molar-refractivity contribution < 1.29 is 14.7 Å². The summed E-state index contributed by atoms with van der Waals surface area (Å²) >= 11 is 0. The first-order chi connectivity index (χ1) is 7.26. The van der Waals surface area contributed by atoms with Gasteiger partial charge < -0.3 is 15.3 Å². The summed E-state index contributed by atoms with van der Waals surface area (Å²) in [5.74, 6) is -1.10. The molecule has 0 heterocycles. The molecule has 0 radical (unpaired) electrons. The molecule has 0 spiro atoms. The zero-order valence-corrected chi connectivity index (χ0v) is 9.78. The van der Waals surface area contributed by atoms with Gasteiger partial charge in [0, 0.05) is 12.1 Å². The van der Waals surface area contributed by atoms with Gasteiger partial charge in [-0.25, -0.2) is 4.79 Å². The SMILES string of the molecule is CC(C)(C)NC(=O)N(CCC#N)CC(=O)O. The van der Waals surface area contributed by atoms with E-state index in [1.165, 1.54) is 0 Å². The third-order valence-electron chi connectivity index (χ3n) is 1.59. The first kappa shape index (κ1) is 14.2. The number of nitrogens with one attached hydrogen (secondary N) is 1. The first-order valence-corrected chi connectivity index (χ1v) is 4.92. The number of nitrogens with zero attached hydrogens (tertiary/aromatic N) is 2. The third kappa shape index (κ3) is 6.65. The number of hydrogen-bond donors (Lipinski definition) is 2. The van der Waals surface area contributed by atoms with Gasteiger partial charge >= 0.3 is 12.0 Å². The maximum absolute atomic E-state index is 11.6. The van der Waals surface area contributed by atoms with Gasteiger partial charge in [-0.05, 0) is 20.8 Å². The number of urea groups is 1. The van der Waals surface area contributed by atoms with Crippen LogP contribution in [0.5, 0.6) is 0 Å². The second kappa shape index (κ2) is 5.95. The second-order valence-corrected chi connectivity index (χ2v) is 4.40. The van der Waals surface area contributed by atoms with Gasteiger partial charge in [-0.1, -0.05) is 0 Å². The summed E-state index contributed by atoms with van der Waals surface area (Å²) in [6.45, 7) is 5.12. The quantitative estimate of drug-likeness (QED) is 0.742. The number of amides is 2. The van der Waals surface area contributed by atoms with Gasteiger partial charge in [-0.3, -0.25) is 4.79 Å². The number of aliphatic carboxylic acids is 1. The molecule has 0 unspecified atom stereocenters. The van der Waals surface area contributed by atoms with Crippen LogP contribution in [0.4, 0.5) is 4.79 Å². The molecule has 90 valence electrons. The van der Waals surface area contributed by atoms with Crippen LogP contribution in [-0.2, 0) is 4.79 Å². The van der Waals surface area contributed by atoms with Crippen molar-refractivity contribution in [1.82, 2.24) is 10.2 Å². The number of rotatable bonds is 4. The Kier molecular flexibility index (Phi) is 5.30. The second-order valence-electron chi connectivity index (χ2n) is 4.40. The van der Waals surface area contributed by atoms with E-state index < -0.39 is 24.1 Å². The Labute approximate surface area is 94.8 Å². The van der Waals surface area contributed by atoms with E-state index in [0.717, 1.165) is 4.90 Å². The van der Waals surface area contributed by atoms with Gasteiger partial charge in [0.25, 0.3) is 0 Å². The monoisotopic (exact) mass is 227 g/mol. The first-order valence-electron chi connectivity index (χ1n) is 4.92. The van der Waals surface area contributed by atoms with E-state index >= 15 is 0 Å². The standard InChI is InChI=1S/C10H17N3O3/c1-10(2,3)12-9(16)13(6-4-5-11)7-8(14)15/h4,6-7H2,1-3H3,(H,12,16)(H,14,15). The predicted octanol–water partition coefficient (Wildman–Crippen LogP) is 0.795. The molecular weight excluding hydrogens is 210 g/mol. The van der Waals surface area contributed by atoms with E-state index in [1.807, 2.05) is 6.07 Å². The summed E-state index contributed by atoms with van der Waals surface area (Å²) in [6, 6.07) is 1.41. The minimum atomic E-state index is -1.10. The fourth-order valence-electron chi connectivity index (χ4n) is 1.00. The van der Waals surface area contributed by atoms with Crippen LogP contribution in [0.1, 0.15) is 27.2 Å². The van der Waals surface area contributed by atoms with Crippen LogP contribution in [0.2, 0.25) is 0 Å². The Bertz CT molecular complexity index is 301. The fraction of sp³-hybridized carbons (Fsp3) is 0.700. The molecule has 0 aliphatic rings. The highest BCUT2D eigenvalue weighted by Gasteiger charge is 2.20. The molecule has 0 saturated heterocycles. The zero-order chi connectivity index (χ0) is 12.8. The molecule has 0 aromatic rings. The molecule has 0 aliphatic carbocycles. The van der Waals surface area contributed by atoms with E-state index in [2.05, 4.69) is 5.32 Å². The van der Waals surface area contributed by atoms with Crippen molar-refractivity contribution in [3.63, 3.8) is 0 Å². The van der Waals surface area contributed by atoms with E-state index in [9.17, 15) is 9.59 Å². The summed E-state index contributed by atoms with van der Waals surface area (Å²) in [4.78, 5) is 23.3. The van der Waals surface area contributed by atoms with Crippen molar-refractivity contribution in [3.05, 3.63) is 0 Å². The number of carboxylic acids is 1. The molecule has 16 heavy (non-hydrogen) atoms. The summed E-state index contributed by atoms with van der Waals surface area (Å²) < 4.78 is 0. The van der Waals surface area contributed by atoms with Crippen molar-refractivity contribution in [2.75, 3.05) is 13.1 Å². The number of carbonyl (C=O) groups is 2. The Balaban J connectivity index is 4.44. The van der Waals surface area contributed by atoms with Crippen molar-refractivity contribution in [3.8, 4) is 6.07 Å². The van der Waals surface area contributed by atoms with Crippen molar-refractivity contribution in [1.29, 1.82) is 5.26 Å². The molecule has 0 aromatic carbocycles. The van der Waals surface area contributed by atoms with E-state index in [-0.39, 0.29) is 13.0 Å². The summed E-state index contributed by atoms with van der Waals surface area (Å²) in [7, 11) is 0. The van der Waals surface area contributed by atoms with Crippen LogP contribution in [0.15, 0.2) is 0 Å². The number of carbonyl (C=O) groups excluding carboxylic acids is 1. The van der Waals surface area contributed by atoms with Crippen LogP contribution in [0.25, 0.3) is 0 Å². The smallest absolute Gasteiger partial charge is 0.323 e. The van der Waals surface area contributed by atoms with Crippen LogP contribution < -0.4 is 5.32 Å². The Morgan fingerprint density at radius 2 is 2.00 bits per heavy atom. The summed E-state index contributed by atoms with van der Waals surface area (Å²) in [5, 5.41) is 19.7. The zero-order valence-electron chi connectivity index (χ0n) is 9.78. The normalized spacial score (nSPS) is 10.4. The minimum absolute atomic E-state index is 0.116. The average Bonchev–Trinajstić information content (AvgIpc) is 2.08. The van der Waals surface area contributed by atoms with Crippen LogP contribution in [0, 0.1) is 11.3 Å². The maximum Gasteiger partial charge on any atom is 0.323 e. The molecule has 0 saturated carbocycles. The van der Waals surface area contributed by atoms with E-state index in [4.69, 9.17) is 10.4 Å². The van der Waals surface area contributed by atoms with Crippen LogP contribution in [-0.4, -0.2) is 40.6 Å². The summed E-state index contributed by atoms with van der Waals surface area (Å²) in [5.41, 5.74) is -0.430. The van der Waals surface area contributed by atoms with Gasteiger partial charge in [0.1, 0.15) is 6.54 Å². The average molecular weight is 227 g/mol. The molecule has 2 amide bonds. The highest BCUT2D eigenvalue weighted by Crippen LogP contribution is 2.01. The lowest BCUT2D eigenvalue weighted by Crippen LogP contribution is -2.50. The Morgan fingerprint density at radius 3 is 2.38 bits per heavy atom. The lowest BCUT2D eigenvalue weighted by atomic mass is 10.1. The molecule has 6 heteroatoms. The molecule has 0 rings (SSSR count). The van der Waals surface area contributed by atoms with Crippen LogP contribution in [0.3, 0.4) is 0 Å². The van der Waals surface area contributed by atoms with Crippen molar-refractivity contribution in [2.45, 2.75) is 32.7 Å². The Morgan fingerprint density at radius 1 is 1.44 bits per heavy atom. The minimum Gasteiger partial charge on any atom is -0.480 e. The number of hydrogen-bond acceptors (Lipinski definition) is 3. The van der Waals surface area contributed by atoms with Gasteiger partial charge in [-0.15, -0.1) is 0 Å². The topological polar surface area (TPSA) is 93.4 Å². The maximum atomic E-state index is 11.6. The molecular formula is C10H17N3O3. The molecule has 0 atom stereocenters. The predicted molar refractivity (Wildman–Crippen MR) is 57.7 cm³/mol. The largest absolute Gasteiger partial charge is 0.480 e. The van der Waals surface area contributed by atoms with E-state index in [0.29, 0.717) is 0 Å². The lowest BCUT2D eigenvalue weighted by Gasteiger charge is -2.26. The van der Waals surface area contributed by atoms with Gasteiger partial charge in [0.2, 0.25) is 0 Å². The number of nitriles is 1. The third-order valence-corrected chi connectivity index (χ3v) is 1.59.